The number of benzene rings is 1. The maximum Gasteiger partial charge on any atom is 0.254 e. The van der Waals surface area contributed by atoms with Crippen LogP contribution in [0.3, 0.4) is 0 Å². The van der Waals surface area contributed by atoms with Crippen LogP contribution in [-0.4, -0.2) is 29.9 Å². The van der Waals surface area contributed by atoms with Crippen LogP contribution >= 0.6 is 24.0 Å². The Morgan fingerprint density at radius 1 is 1.44 bits per heavy atom. The predicted molar refractivity (Wildman–Crippen MR) is 76.4 cm³/mol. The molecule has 1 heterocycles. The van der Waals surface area contributed by atoms with Crippen molar-refractivity contribution in [2.75, 3.05) is 13.1 Å². The van der Waals surface area contributed by atoms with Gasteiger partial charge in [-0.2, -0.15) is 0 Å². The minimum atomic E-state index is 0. The van der Waals surface area contributed by atoms with E-state index in [9.17, 15) is 4.79 Å². The number of carbonyl (C=O) groups is 1. The van der Waals surface area contributed by atoms with Gasteiger partial charge in [-0.3, -0.25) is 4.79 Å². The predicted octanol–water partition coefficient (Wildman–Crippen LogP) is 2.57. The fraction of sp³-hybridized carbons (Fsp3) is 0.462. The van der Waals surface area contributed by atoms with Gasteiger partial charge in [-0.1, -0.05) is 11.6 Å². The van der Waals surface area contributed by atoms with Crippen LogP contribution in [0.25, 0.3) is 0 Å². The molecule has 2 N–H and O–H groups in total. The molecule has 0 aromatic heterocycles. The zero-order valence-corrected chi connectivity index (χ0v) is 11.9. The number of rotatable bonds is 2. The summed E-state index contributed by atoms with van der Waals surface area (Å²) in [4.78, 5) is 14.2. The Kier molecular flexibility index (Phi) is 5.45. The van der Waals surface area contributed by atoms with Crippen LogP contribution in [0.1, 0.15) is 23.7 Å². The number of carbonyl (C=O) groups excluding carboxylic acids is 1. The van der Waals surface area contributed by atoms with Crippen molar-refractivity contribution < 1.29 is 4.79 Å². The van der Waals surface area contributed by atoms with E-state index in [0.717, 1.165) is 13.0 Å². The van der Waals surface area contributed by atoms with Crippen molar-refractivity contribution in [3.8, 4) is 0 Å². The van der Waals surface area contributed by atoms with E-state index in [4.69, 9.17) is 17.3 Å². The molecule has 2 atom stereocenters. The van der Waals surface area contributed by atoms with Gasteiger partial charge in [0.05, 0.1) is 0 Å². The Hall–Kier alpha value is -0.770. The van der Waals surface area contributed by atoms with Crippen molar-refractivity contribution in [3.63, 3.8) is 0 Å². The van der Waals surface area contributed by atoms with E-state index in [1.807, 2.05) is 4.90 Å². The molecule has 1 amide bonds. The third-order valence-electron chi connectivity index (χ3n) is 3.35. The molecule has 2 rings (SSSR count). The molecule has 3 nitrogen and oxygen atoms in total. The number of likely N-dealkylation sites (tertiary alicyclic amines) is 1. The van der Waals surface area contributed by atoms with E-state index in [1.54, 1.807) is 24.3 Å². The summed E-state index contributed by atoms with van der Waals surface area (Å²) in [6, 6.07) is 7.30. The second-order valence-electron chi connectivity index (χ2n) is 4.65. The molecule has 0 saturated carbocycles. The lowest BCUT2D eigenvalue weighted by atomic mass is 10.1. The summed E-state index contributed by atoms with van der Waals surface area (Å²) in [7, 11) is 0. The van der Waals surface area contributed by atoms with Crippen LogP contribution in [0, 0.1) is 5.92 Å². The minimum Gasteiger partial charge on any atom is -0.336 e. The average Bonchev–Trinajstić information content (AvgIpc) is 2.71. The van der Waals surface area contributed by atoms with Crippen LogP contribution in [0.15, 0.2) is 24.3 Å². The highest BCUT2D eigenvalue weighted by molar-refractivity contribution is 6.30. The zero-order valence-electron chi connectivity index (χ0n) is 10.3. The molecule has 1 aliphatic rings. The summed E-state index contributed by atoms with van der Waals surface area (Å²) < 4.78 is 0. The van der Waals surface area contributed by atoms with Crippen molar-refractivity contribution in [1.29, 1.82) is 0 Å². The first-order chi connectivity index (χ1) is 8.11. The first-order valence-electron chi connectivity index (χ1n) is 5.88. The Balaban J connectivity index is 0.00000162. The van der Waals surface area contributed by atoms with Crippen molar-refractivity contribution in [2.45, 2.75) is 19.4 Å². The third-order valence-corrected chi connectivity index (χ3v) is 3.60. The first-order valence-corrected chi connectivity index (χ1v) is 6.26. The first kappa shape index (κ1) is 15.3. The normalized spacial score (nSPS) is 22.7. The molecule has 0 bridgehead atoms. The van der Waals surface area contributed by atoms with Gasteiger partial charge in [0.1, 0.15) is 0 Å². The van der Waals surface area contributed by atoms with Gasteiger partial charge in [0.25, 0.3) is 5.91 Å². The van der Waals surface area contributed by atoms with Gasteiger partial charge >= 0.3 is 0 Å². The summed E-state index contributed by atoms with van der Waals surface area (Å²) >= 11 is 5.81. The van der Waals surface area contributed by atoms with E-state index >= 15 is 0 Å². The van der Waals surface area contributed by atoms with Crippen molar-refractivity contribution in [3.05, 3.63) is 34.9 Å². The molecule has 0 radical (unpaired) electrons. The van der Waals surface area contributed by atoms with Crippen LogP contribution in [-0.2, 0) is 0 Å². The van der Waals surface area contributed by atoms with E-state index in [0.29, 0.717) is 23.0 Å². The highest BCUT2D eigenvalue weighted by Crippen LogP contribution is 2.24. The summed E-state index contributed by atoms with van der Waals surface area (Å²) in [6.07, 6.45) is 0.996. The number of halogens is 2. The van der Waals surface area contributed by atoms with E-state index < -0.39 is 0 Å². The van der Waals surface area contributed by atoms with Crippen LogP contribution in [0.5, 0.6) is 0 Å². The SMILES string of the molecule is CC1CC(CN)CN1C(=O)c1ccc(Cl)cc1.Cl. The van der Waals surface area contributed by atoms with Gasteiger partial charge in [0.15, 0.2) is 0 Å². The van der Waals surface area contributed by atoms with Gasteiger partial charge in [0.2, 0.25) is 0 Å². The van der Waals surface area contributed by atoms with Crippen molar-refractivity contribution in [2.24, 2.45) is 11.7 Å². The molecule has 1 aromatic carbocycles. The molecule has 1 aromatic rings. The molecular weight excluding hydrogens is 271 g/mol. The summed E-state index contributed by atoms with van der Waals surface area (Å²) in [5.41, 5.74) is 6.35. The van der Waals surface area contributed by atoms with E-state index in [2.05, 4.69) is 6.92 Å². The third kappa shape index (κ3) is 3.16. The number of hydrogen-bond acceptors (Lipinski definition) is 2. The Morgan fingerprint density at radius 2 is 2.06 bits per heavy atom. The Bertz CT molecular complexity index is 408. The zero-order chi connectivity index (χ0) is 12.4. The maximum atomic E-state index is 12.3. The minimum absolute atomic E-state index is 0. The molecule has 0 spiro atoms. The molecule has 1 fully saturated rings. The number of nitrogens with zero attached hydrogens (tertiary/aromatic N) is 1. The fourth-order valence-corrected chi connectivity index (χ4v) is 2.48. The molecule has 5 heteroatoms. The van der Waals surface area contributed by atoms with Crippen molar-refractivity contribution in [1.82, 2.24) is 4.90 Å². The van der Waals surface area contributed by atoms with Crippen LogP contribution in [0.4, 0.5) is 0 Å². The maximum absolute atomic E-state index is 12.3. The molecule has 2 unspecified atom stereocenters. The van der Waals surface area contributed by atoms with E-state index in [-0.39, 0.29) is 24.4 Å². The van der Waals surface area contributed by atoms with Crippen molar-refractivity contribution >= 4 is 29.9 Å². The highest BCUT2D eigenvalue weighted by atomic mass is 35.5. The fourth-order valence-electron chi connectivity index (χ4n) is 2.35. The second-order valence-corrected chi connectivity index (χ2v) is 5.09. The lowest BCUT2D eigenvalue weighted by Crippen LogP contribution is -2.34. The van der Waals surface area contributed by atoms with Gasteiger partial charge < -0.3 is 10.6 Å². The van der Waals surface area contributed by atoms with Crippen LogP contribution in [0.2, 0.25) is 5.02 Å². The van der Waals surface area contributed by atoms with Gasteiger partial charge in [-0.15, -0.1) is 12.4 Å². The highest BCUT2D eigenvalue weighted by Gasteiger charge is 2.31. The standard InChI is InChI=1S/C13H17ClN2O.ClH/c1-9-6-10(7-15)8-16(9)13(17)11-2-4-12(14)5-3-11;/h2-5,9-10H,6-8,15H2,1H3;1H. The topological polar surface area (TPSA) is 46.3 Å². The van der Waals surface area contributed by atoms with Crippen LogP contribution < -0.4 is 5.73 Å². The largest absolute Gasteiger partial charge is 0.336 e. The van der Waals surface area contributed by atoms with E-state index in [1.165, 1.54) is 0 Å². The number of nitrogens with two attached hydrogens (primary N) is 1. The molecular formula is C13H18Cl2N2O. The van der Waals surface area contributed by atoms with Gasteiger partial charge in [0, 0.05) is 23.2 Å². The molecule has 18 heavy (non-hydrogen) atoms. The Morgan fingerprint density at radius 3 is 2.56 bits per heavy atom. The summed E-state index contributed by atoms with van der Waals surface area (Å²) in [5.74, 6) is 0.506. The molecule has 1 aliphatic heterocycles. The quantitative estimate of drug-likeness (QED) is 0.909. The second kappa shape index (κ2) is 6.41. The Labute approximate surface area is 119 Å². The van der Waals surface area contributed by atoms with Gasteiger partial charge in [-0.25, -0.2) is 0 Å². The molecule has 0 aliphatic carbocycles. The number of hydrogen-bond donors (Lipinski definition) is 1. The monoisotopic (exact) mass is 288 g/mol. The summed E-state index contributed by atoms with van der Waals surface area (Å²) in [5, 5.41) is 0.649. The average molecular weight is 289 g/mol. The van der Waals surface area contributed by atoms with Gasteiger partial charge in [-0.05, 0) is 50.1 Å². The lowest BCUT2D eigenvalue weighted by molar-refractivity contribution is 0.0743. The molecule has 1 saturated heterocycles. The number of amides is 1. The summed E-state index contributed by atoms with van der Waals surface area (Å²) in [6.45, 7) is 3.48. The smallest absolute Gasteiger partial charge is 0.254 e. The lowest BCUT2D eigenvalue weighted by Gasteiger charge is -2.21. The molecule has 100 valence electrons.